The average Bonchev–Trinajstić information content (AvgIpc) is 2.84. The highest BCUT2D eigenvalue weighted by Crippen LogP contribution is 2.23. The maximum Gasteiger partial charge on any atom is 0.272 e. The molecule has 0 saturated carbocycles. The summed E-state index contributed by atoms with van der Waals surface area (Å²) in [5.74, 6) is -5.68. The van der Waals surface area contributed by atoms with Gasteiger partial charge in [-0.25, -0.2) is 17.6 Å². The summed E-state index contributed by atoms with van der Waals surface area (Å²) in [7, 11) is 1.58. The smallest absolute Gasteiger partial charge is 0.272 e. The van der Waals surface area contributed by atoms with Crippen LogP contribution in [-0.2, 0) is 7.05 Å². The predicted molar refractivity (Wildman–Crippen MR) is 77.1 cm³/mol. The summed E-state index contributed by atoms with van der Waals surface area (Å²) in [6.07, 6.45) is 0. The number of fused-ring (bicyclic) bond motifs is 1. The lowest BCUT2D eigenvalue weighted by atomic mass is 10.2. The van der Waals surface area contributed by atoms with Gasteiger partial charge in [0.1, 0.15) is 11.5 Å². The summed E-state index contributed by atoms with van der Waals surface area (Å²) in [6, 6.07) is 7.06. The molecule has 0 aliphatic carbocycles. The van der Waals surface area contributed by atoms with Gasteiger partial charge in [0.05, 0.1) is 5.69 Å². The highest BCUT2D eigenvalue weighted by Gasteiger charge is 2.18. The lowest BCUT2D eigenvalue weighted by molar-refractivity contribution is 0.101. The molecular formula is C16H10F4N2O. The molecule has 0 saturated heterocycles. The van der Waals surface area contributed by atoms with Crippen molar-refractivity contribution in [2.45, 2.75) is 0 Å². The highest BCUT2D eigenvalue weighted by molar-refractivity contribution is 6.06. The summed E-state index contributed by atoms with van der Waals surface area (Å²) in [5.41, 5.74) is 0.238. The number of aryl methyl sites for hydroxylation is 1. The van der Waals surface area contributed by atoms with Crippen LogP contribution < -0.4 is 5.32 Å². The molecule has 2 aromatic carbocycles. The summed E-state index contributed by atoms with van der Waals surface area (Å²) < 4.78 is 54.4. The number of nitrogens with one attached hydrogen (secondary N) is 1. The normalized spacial score (nSPS) is 11.0. The molecule has 0 fully saturated rings. The second kappa shape index (κ2) is 5.42. The topological polar surface area (TPSA) is 34.0 Å². The predicted octanol–water partition coefficient (Wildman–Crippen LogP) is 3.99. The van der Waals surface area contributed by atoms with Crippen molar-refractivity contribution in [1.29, 1.82) is 0 Å². The zero-order chi connectivity index (χ0) is 16.7. The Bertz CT molecular complexity index is 933. The monoisotopic (exact) mass is 322 g/mol. The van der Waals surface area contributed by atoms with Crippen LogP contribution in [0.4, 0.5) is 23.2 Å². The lowest BCUT2D eigenvalue weighted by Gasteiger charge is -2.08. The first kappa shape index (κ1) is 15.1. The van der Waals surface area contributed by atoms with E-state index in [-0.39, 0.29) is 5.69 Å². The minimum Gasteiger partial charge on any atom is -0.340 e. The fourth-order valence-electron chi connectivity index (χ4n) is 2.35. The standard InChI is InChI=1S/C16H10F4N2O/c1-22-12-5-2-9(17)6-8(12)7-13(22)16(23)21-11-4-3-10(18)14(19)15(11)20/h2-7H,1H3,(H,21,23). The zero-order valence-electron chi connectivity index (χ0n) is 11.8. The molecule has 1 amide bonds. The quantitative estimate of drug-likeness (QED) is 0.562. The largest absolute Gasteiger partial charge is 0.340 e. The van der Waals surface area contributed by atoms with E-state index in [1.165, 1.54) is 28.8 Å². The molecule has 23 heavy (non-hydrogen) atoms. The number of amides is 1. The molecule has 1 heterocycles. The summed E-state index contributed by atoms with van der Waals surface area (Å²) in [6.45, 7) is 0. The van der Waals surface area contributed by atoms with E-state index in [1.807, 2.05) is 0 Å². The molecule has 3 aromatic rings. The summed E-state index contributed by atoms with van der Waals surface area (Å²) in [4.78, 5) is 12.2. The number of benzene rings is 2. The lowest BCUT2D eigenvalue weighted by Crippen LogP contribution is -2.17. The van der Waals surface area contributed by atoms with Crippen molar-refractivity contribution >= 4 is 22.5 Å². The number of hydrogen-bond donors (Lipinski definition) is 1. The number of nitrogens with zero attached hydrogens (tertiary/aromatic N) is 1. The molecule has 1 N–H and O–H groups in total. The van der Waals surface area contributed by atoms with E-state index in [9.17, 15) is 22.4 Å². The third-order valence-electron chi connectivity index (χ3n) is 3.52. The van der Waals surface area contributed by atoms with Gasteiger partial charge in [-0.15, -0.1) is 0 Å². The molecule has 7 heteroatoms. The Kier molecular flexibility index (Phi) is 3.55. The molecule has 0 atom stereocenters. The van der Waals surface area contributed by atoms with Crippen LogP contribution in [0.5, 0.6) is 0 Å². The van der Waals surface area contributed by atoms with E-state index in [0.717, 1.165) is 6.07 Å². The summed E-state index contributed by atoms with van der Waals surface area (Å²) >= 11 is 0. The van der Waals surface area contributed by atoms with Crippen LogP contribution in [0.15, 0.2) is 36.4 Å². The van der Waals surface area contributed by atoms with E-state index in [0.29, 0.717) is 17.0 Å². The maximum atomic E-state index is 13.6. The molecule has 3 rings (SSSR count). The SMILES string of the molecule is Cn1c(C(=O)Nc2ccc(F)c(F)c2F)cc2cc(F)ccc21. The third kappa shape index (κ3) is 2.54. The second-order valence-corrected chi connectivity index (χ2v) is 4.97. The zero-order valence-corrected chi connectivity index (χ0v) is 11.8. The van der Waals surface area contributed by atoms with Gasteiger partial charge in [-0.05, 0) is 36.4 Å². The van der Waals surface area contributed by atoms with Gasteiger partial charge in [0, 0.05) is 18.0 Å². The van der Waals surface area contributed by atoms with Gasteiger partial charge in [0.15, 0.2) is 17.5 Å². The first-order chi connectivity index (χ1) is 10.9. The molecule has 1 aromatic heterocycles. The van der Waals surface area contributed by atoms with Crippen molar-refractivity contribution in [2.24, 2.45) is 7.05 Å². The van der Waals surface area contributed by atoms with Crippen molar-refractivity contribution in [3.63, 3.8) is 0 Å². The van der Waals surface area contributed by atoms with Crippen LogP contribution in [0.1, 0.15) is 10.5 Å². The van der Waals surface area contributed by atoms with Gasteiger partial charge in [-0.3, -0.25) is 4.79 Å². The fraction of sp³-hybridized carbons (Fsp3) is 0.0625. The number of hydrogen-bond acceptors (Lipinski definition) is 1. The van der Waals surface area contributed by atoms with Crippen LogP contribution >= 0.6 is 0 Å². The van der Waals surface area contributed by atoms with Crippen molar-refractivity contribution < 1.29 is 22.4 Å². The third-order valence-corrected chi connectivity index (χ3v) is 3.52. The molecule has 0 bridgehead atoms. The number of carbonyl (C=O) groups is 1. The molecule has 3 nitrogen and oxygen atoms in total. The van der Waals surface area contributed by atoms with Gasteiger partial charge in [-0.1, -0.05) is 0 Å². The fourth-order valence-corrected chi connectivity index (χ4v) is 2.35. The Morgan fingerprint density at radius 1 is 1.00 bits per heavy atom. The van der Waals surface area contributed by atoms with Crippen molar-refractivity contribution in [3.05, 3.63) is 65.4 Å². The van der Waals surface area contributed by atoms with Crippen LogP contribution in [0.3, 0.4) is 0 Å². The van der Waals surface area contributed by atoms with Crippen molar-refractivity contribution in [2.75, 3.05) is 5.32 Å². The highest BCUT2D eigenvalue weighted by atomic mass is 19.2. The minimum absolute atomic E-state index is 0.120. The number of carbonyl (C=O) groups excluding carboxylic acids is 1. The minimum atomic E-state index is -1.66. The first-order valence-electron chi connectivity index (χ1n) is 6.58. The molecule has 0 unspecified atom stereocenters. The summed E-state index contributed by atoms with van der Waals surface area (Å²) in [5, 5.41) is 2.67. The van der Waals surface area contributed by atoms with E-state index < -0.39 is 34.9 Å². The van der Waals surface area contributed by atoms with Crippen LogP contribution in [0.25, 0.3) is 10.9 Å². The van der Waals surface area contributed by atoms with Gasteiger partial charge in [-0.2, -0.15) is 0 Å². The number of halogens is 4. The van der Waals surface area contributed by atoms with E-state index in [2.05, 4.69) is 5.32 Å². The molecule has 0 aliphatic heterocycles. The Morgan fingerprint density at radius 3 is 2.48 bits per heavy atom. The van der Waals surface area contributed by atoms with Gasteiger partial charge in [0.25, 0.3) is 5.91 Å². The van der Waals surface area contributed by atoms with Gasteiger partial charge >= 0.3 is 0 Å². The van der Waals surface area contributed by atoms with Gasteiger partial charge in [0.2, 0.25) is 0 Å². The number of anilines is 1. The Balaban J connectivity index is 1.98. The molecule has 118 valence electrons. The molecule has 0 spiro atoms. The van der Waals surface area contributed by atoms with Gasteiger partial charge < -0.3 is 9.88 Å². The molecule has 0 aliphatic rings. The van der Waals surface area contributed by atoms with Crippen LogP contribution in [0.2, 0.25) is 0 Å². The number of rotatable bonds is 2. The maximum absolute atomic E-state index is 13.6. The first-order valence-corrected chi connectivity index (χ1v) is 6.58. The molecule has 0 radical (unpaired) electrons. The van der Waals surface area contributed by atoms with E-state index in [1.54, 1.807) is 7.05 Å². The Hall–Kier alpha value is -2.83. The van der Waals surface area contributed by atoms with Crippen molar-refractivity contribution in [1.82, 2.24) is 4.57 Å². The van der Waals surface area contributed by atoms with Crippen LogP contribution in [0, 0.1) is 23.3 Å². The van der Waals surface area contributed by atoms with E-state index in [4.69, 9.17) is 0 Å². The molecular weight excluding hydrogens is 312 g/mol. The van der Waals surface area contributed by atoms with E-state index >= 15 is 0 Å². The Labute approximate surface area is 128 Å². The number of aromatic nitrogens is 1. The Morgan fingerprint density at radius 2 is 1.74 bits per heavy atom. The van der Waals surface area contributed by atoms with Crippen molar-refractivity contribution in [3.8, 4) is 0 Å². The van der Waals surface area contributed by atoms with Crippen LogP contribution in [-0.4, -0.2) is 10.5 Å². The average molecular weight is 322 g/mol. The second-order valence-electron chi connectivity index (χ2n) is 4.97.